The highest BCUT2D eigenvalue weighted by atomic mass is 19.1. The third-order valence-corrected chi connectivity index (χ3v) is 1.43. The monoisotopic (exact) mass is 155 g/mol. The Bertz CT molecular complexity index is 237. The van der Waals surface area contributed by atoms with Crippen LogP contribution in [0.3, 0.4) is 0 Å². The molecule has 1 aromatic carbocycles. The molecule has 0 aromatic heterocycles. The number of benzene rings is 1. The summed E-state index contributed by atoms with van der Waals surface area (Å²) in [4.78, 5) is 0. The predicted octanol–water partition coefficient (Wildman–Crippen LogP) is 0.949. The number of hydrogen-bond donors (Lipinski definition) is 2. The van der Waals surface area contributed by atoms with Crippen molar-refractivity contribution in [3.8, 4) is 0 Å². The highest BCUT2D eigenvalue weighted by Crippen LogP contribution is 2.13. The molecular formula is C8H10FNO. The van der Waals surface area contributed by atoms with Crippen molar-refractivity contribution < 1.29 is 9.50 Å². The van der Waals surface area contributed by atoms with E-state index in [0.29, 0.717) is 5.56 Å². The summed E-state index contributed by atoms with van der Waals surface area (Å²) >= 11 is 0. The molecule has 0 spiro atoms. The standard InChI is InChI=1S/C8H10FNO/c1-8(10,11)6-2-4-7(9)5-3-6/h2-5,11H,10H2,1H3/t8-/m0/s1. The van der Waals surface area contributed by atoms with Crippen molar-refractivity contribution in [3.05, 3.63) is 35.6 Å². The maximum Gasteiger partial charge on any atom is 0.136 e. The summed E-state index contributed by atoms with van der Waals surface area (Å²) < 4.78 is 12.4. The first-order valence-electron chi connectivity index (χ1n) is 3.27. The largest absolute Gasteiger partial charge is 0.372 e. The molecule has 0 radical (unpaired) electrons. The topological polar surface area (TPSA) is 46.2 Å². The van der Waals surface area contributed by atoms with Crippen LogP contribution < -0.4 is 5.73 Å². The summed E-state index contributed by atoms with van der Waals surface area (Å²) in [6, 6.07) is 5.43. The van der Waals surface area contributed by atoms with Crippen molar-refractivity contribution in [2.75, 3.05) is 0 Å². The van der Waals surface area contributed by atoms with Crippen molar-refractivity contribution in [2.45, 2.75) is 12.6 Å². The fourth-order valence-corrected chi connectivity index (χ4v) is 0.787. The zero-order valence-electron chi connectivity index (χ0n) is 6.21. The minimum absolute atomic E-state index is 0.335. The van der Waals surface area contributed by atoms with Gasteiger partial charge >= 0.3 is 0 Å². The second kappa shape index (κ2) is 2.60. The van der Waals surface area contributed by atoms with Crippen molar-refractivity contribution in [1.29, 1.82) is 0 Å². The Hall–Kier alpha value is -0.930. The van der Waals surface area contributed by atoms with Crippen LogP contribution in [0, 0.1) is 5.82 Å². The van der Waals surface area contributed by atoms with Crippen LogP contribution in [0.4, 0.5) is 4.39 Å². The number of rotatable bonds is 1. The second-order valence-corrected chi connectivity index (χ2v) is 2.65. The molecule has 0 aliphatic heterocycles. The summed E-state index contributed by atoms with van der Waals surface area (Å²) in [5, 5.41) is 9.24. The van der Waals surface area contributed by atoms with Gasteiger partial charge in [0, 0.05) is 0 Å². The highest BCUT2D eigenvalue weighted by molar-refractivity contribution is 5.20. The Kier molecular flexibility index (Phi) is 1.93. The molecule has 1 atom stereocenters. The normalized spacial score (nSPS) is 16.0. The van der Waals surface area contributed by atoms with Crippen LogP contribution in [-0.4, -0.2) is 5.11 Å². The molecule has 0 fully saturated rings. The second-order valence-electron chi connectivity index (χ2n) is 2.65. The van der Waals surface area contributed by atoms with Crippen molar-refractivity contribution in [1.82, 2.24) is 0 Å². The van der Waals surface area contributed by atoms with E-state index in [1.165, 1.54) is 31.2 Å². The summed E-state index contributed by atoms with van der Waals surface area (Å²) in [6.07, 6.45) is 0. The van der Waals surface area contributed by atoms with Gasteiger partial charge in [-0.3, -0.25) is 0 Å². The Morgan fingerprint density at radius 2 is 1.82 bits per heavy atom. The van der Waals surface area contributed by atoms with E-state index in [0.717, 1.165) is 0 Å². The molecule has 0 saturated carbocycles. The van der Waals surface area contributed by atoms with E-state index in [4.69, 9.17) is 5.73 Å². The number of nitrogens with two attached hydrogens (primary N) is 1. The smallest absolute Gasteiger partial charge is 0.136 e. The lowest BCUT2D eigenvalue weighted by Crippen LogP contribution is -2.32. The minimum atomic E-state index is -1.38. The van der Waals surface area contributed by atoms with Gasteiger partial charge in [-0.1, -0.05) is 12.1 Å². The van der Waals surface area contributed by atoms with Crippen molar-refractivity contribution in [3.63, 3.8) is 0 Å². The van der Waals surface area contributed by atoms with Crippen molar-refractivity contribution in [2.24, 2.45) is 5.73 Å². The van der Waals surface area contributed by atoms with Gasteiger partial charge in [0.25, 0.3) is 0 Å². The van der Waals surface area contributed by atoms with E-state index in [1.54, 1.807) is 0 Å². The Morgan fingerprint density at radius 1 is 1.36 bits per heavy atom. The fourth-order valence-electron chi connectivity index (χ4n) is 0.787. The highest BCUT2D eigenvalue weighted by Gasteiger charge is 2.15. The van der Waals surface area contributed by atoms with Gasteiger partial charge in [-0.25, -0.2) is 4.39 Å². The van der Waals surface area contributed by atoms with E-state index in [2.05, 4.69) is 0 Å². The first-order valence-corrected chi connectivity index (χ1v) is 3.27. The third kappa shape index (κ3) is 2.00. The summed E-state index contributed by atoms with van der Waals surface area (Å²) in [5.74, 6) is -0.335. The first kappa shape index (κ1) is 8.17. The maximum absolute atomic E-state index is 12.4. The van der Waals surface area contributed by atoms with Crippen LogP contribution in [-0.2, 0) is 5.72 Å². The molecule has 60 valence electrons. The lowest BCUT2D eigenvalue weighted by Gasteiger charge is -2.16. The Balaban J connectivity index is 2.99. The fraction of sp³-hybridized carbons (Fsp3) is 0.250. The van der Waals surface area contributed by atoms with Gasteiger partial charge in [-0.15, -0.1) is 0 Å². The van der Waals surface area contributed by atoms with Crippen LogP contribution in [0.15, 0.2) is 24.3 Å². The lowest BCUT2D eigenvalue weighted by atomic mass is 10.1. The third-order valence-electron chi connectivity index (χ3n) is 1.43. The molecule has 0 heterocycles. The van der Waals surface area contributed by atoms with E-state index >= 15 is 0 Å². The van der Waals surface area contributed by atoms with Gasteiger partial charge in [0.2, 0.25) is 0 Å². The molecule has 0 unspecified atom stereocenters. The van der Waals surface area contributed by atoms with Crippen LogP contribution in [0.5, 0.6) is 0 Å². The molecule has 0 amide bonds. The molecule has 2 nitrogen and oxygen atoms in total. The average Bonchev–Trinajstić information content (AvgIpc) is 1.86. The van der Waals surface area contributed by atoms with Gasteiger partial charge in [0.1, 0.15) is 11.5 Å². The number of aliphatic hydroxyl groups is 1. The molecule has 11 heavy (non-hydrogen) atoms. The molecule has 0 aliphatic rings. The van der Waals surface area contributed by atoms with Crippen LogP contribution in [0.25, 0.3) is 0 Å². The van der Waals surface area contributed by atoms with E-state index in [1.807, 2.05) is 0 Å². The Labute approximate surface area is 64.5 Å². The van der Waals surface area contributed by atoms with Crippen LogP contribution in [0.1, 0.15) is 12.5 Å². The van der Waals surface area contributed by atoms with E-state index in [-0.39, 0.29) is 5.82 Å². The Morgan fingerprint density at radius 3 is 2.18 bits per heavy atom. The quantitative estimate of drug-likeness (QED) is 0.593. The summed E-state index contributed by atoms with van der Waals surface area (Å²) in [7, 11) is 0. The number of hydrogen-bond acceptors (Lipinski definition) is 2. The maximum atomic E-state index is 12.4. The lowest BCUT2D eigenvalue weighted by molar-refractivity contribution is 0.0646. The van der Waals surface area contributed by atoms with Gasteiger partial charge in [-0.2, -0.15) is 0 Å². The van der Waals surface area contributed by atoms with Gasteiger partial charge in [-0.05, 0) is 24.6 Å². The molecule has 0 aliphatic carbocycles. The summed E-state index contributed by atoms with van der Waals surface area (Å²) in [5.41, 5.74) is 4.46. The molecule has 3 N–H and O–H groups in total. The van der Waals surface area contributed by atoms with E-state index < -0.39 is 5.72 Å². The zero-order chi connectivity index (χ0) is 8.48. The van der Waals surface area contributed by atoms with Crippen LogP contribution in [0.2, 0.25) is 0 Å². The zero-order valence-corrected chi connectivity index (χ0v) is 6.21. The number of halogens is 1. The molecular weight excluding hydrogens is 145 g/mol. The summed E-state index contributed by atoms with van der Waals surface area (Å²) in [6.45, 7) is 1.44. The van der Waals surface area contributed by atoms with E-state index in [9.17, 15) is 9.50 Å². The van der Waals surface area contributed by atoms with Gasteiger partial charge < -0.3 is 10.8 Å². The SMILES string of the molecule is C[C@](N)(O)c1ccc(F)cc1. The van der Waals surface area contributed by atoms with Crippen molar-refractivity contribution >= 4 is 0 Å². The average molecular weight is 155 g/mol. The molecule has 1 aromatic rings. The predicted molar refractivity (Wildman–Crippen MR) is 40.2 cm³/mol. The van der Waals surface area contributed by atoms with Crippen LogP contribution >= 0.6 is 0 Å². The molecule has 0 saturated heterocycles. The minimum Gasteiger partial charge on any atom is -0.372 e. The molecule has 0 bridgehead atoms. The molecule has 1 rings (SSSR count). The van der Waals surface area contributed by atoms with Gasteiger partial charge in [0.05, 0.1) is 0 Å². The molecule has 3 heteroatoms. The van der Waals surface area contributed by atoms with Gasteiger partial charge in [0.15, 0.2) is 0 Å². The first-order chi connectivity index (χ1) is 5.00.